The average molecular weight is 376 g/mol. The van der Waals surface area contributed by atoms with Gasteiger partial charge in [-0.3, -0.25) is 9.59 Å². The van der Waals surface area contributed by atoms with Gasteiger partial charge in [-0.05, 0) is 49.4 Å². The van der Waals surface area contributed by atoms with Crippen LogP contribution in [-0.2, 0) is 0 Å². The van der Waals surface area contributed by atoms with Gasteiger partial charge in [0.25, 0.3) is 5.91 Å². The molecule has 2 N–H and O–H groups in total. The number of Topliss-reactive ketones (excluding diaryl/α,β-unsaturated/α-hetero) is 1. The maximum atomic E-state index is 12.4. The number of rotatable bonds is 5. The first-order chi connectivity index (χ1) is 13.6. The number of nitrogens with one attached hydrogen (secondary N) is 2. The number of carbonyl (C=O) groups is 2. The lowest BCUT2D eigenvalue weighted by Gasteiger charge is -2.08. The Labute approximate surface area is 160 Å². The molecule has 1 aromatic heterocycles. The molecule has 0 unspecified atom stereocenters. The van der Waals surface area contributed by atoms with Crippen molar-refractivity contribution in [3.8, 4) is 11.5 Å². The van der Waals surface area contributed by atoms with Crippen LogP contribution in [0.5, 0.6) is 11.5 Å². The van der Waals surface area contributed by atoms with E-state index in [1.165, 1.54) is 6.92 Å². The van der Waals surface area contributed by atoms with Crippen molar-refractivity contribution in [2.45, 2.75) is 6.92 Å². The van der Waals surface area contributed by atoms with Gasteiger partial charge in [-0.15, -0.1) is 10.2 Å². The quantitative estimate of drug-likeness (QED) is 0.658. The summed E-state index contributed by atoms with van der Waals surface area (Å²) in [7, 11) is 0. The fourth-order valence-corrected chi connectivity index (χ4v) is 2.66. The Morgan fingerprint density at radius 2 is 1.68 bits per heavy atom. The first-order valence-electron chi connectivity index (χ1n) is 8.51. The van der Waals surface area contributed by atoms with Crippen molar-refractivity contribution >= 4 is 29.0 Å². The smallest absolute Gasteiger partial charge is 0.257 e. The minimum absolute atomic E-state index is 0.0173. The molecule has 1 amide bonds. The lowest BCUT2D eigenvalue weighted by Crippen LogP contribution is -2.13. The first-order valence-corrected chi connectivity index (χ1v) is 8.51. The van der Waals surface area contributed by atoms with E-state index in [9.17, 15) is 9.59 Å². The Balaban J connectivity index is 1.42. The van der Waals surface area contributed by atoms with Crippen LogP contribution in [0.15, 0.2) is 54.6 Å². The second kappa shape index (κ2) is 7.36. The lowest BCUT2D eigenvalue weighted by atomic mass is 10.1. The van der Waals surface area contributed by atoms with Gasteiger partial charge in [0.2, 0.25) is 6.79 Å². The third-order valence-electron chi connectivity index (χ3n) is 4.08. The molecule has 8 heteroatoms. The number of benzene rings is 2. The second-order valence-corrected chi connectivity index (χ2v) is 6.09. The summed E-state index contributed by atoms with van der Waals surface area (Å²) in [4.78, 5) is 23.8. The number of nitrogens with zero attached hydrogens (tertiary/aromatic N) is 2. The number of carbonyl (C=O) groups excluding carboxylic acids is 2. The van der Waals surface area contributed by atoms with Gasteiger partial charge in [-0.1, -0.05) is 12.1 Å². The van der Waals surface area contributed by atoms with Gasteiger partial charge in [0.05, 0.1) is 0 Å². The SMILES string of the molecule is CC(=O)c1cccc(Nc2ccc(NC(=O)c3ccc4c(c3)OCO4)nn2)c1. The summed E-state index contributed by atoms with van der Waals surface area (Å²) in [5, 5.41) is 13.8. The number of hydrogen-bond donors (Lipinski definition) is 2. The number of fused-ring (bicyclic) bond motifs is 1. The van der Waals surface area contributed by atoms with E-state index in [1.807, 2.05) is 6.07 Å². The second-order valence-electron chi connectivity index (χ2n) is 6.09. The molecule has 0 atom stereocenters. The van der Waals surface area contributed by atoms with Crippen LogP contribution in [0.25, 0.3) is 0 Å². The van der Waals surface area contributed by atoms with Crippen LogP contribution in [-0.4, -0.2) is 28.7 Å². The summed E-state index contributed by atoms with van der Waals surface area (Å²) in [6.07, 6.45) is 0. The van der Waals surface area contributed by atoms with E-state index in [0.717, 1.165) is 5.69 Å². The van der Waals surface area contributed by atoms with E-state index in [-0.39, 0.29) is 18.5 Å². The zero-order valence-electron chi connectivity index (χ0n) is 14.9. The van der Waals surface area contributed by atoms with Gasteiger partial charge in [-0.2, -0.15) is 0 Å². The molecule has 1 aliphatic rings. The molecular weight excluding hydrogens is 360 g/mol. The molecule has 0 spiro atoms. The minimum Gasteiger partial charge on any atom is -0.454 e. The highest BCUT2D eigenvalue weighted by molar-refractivity contribution is 6.04. The predicted octanol–water partition coefficient (Wildman–Crippen LogP) is 3.40. The highest BCUT2D eigenvalue weighted by atomic mass is 16.7. The van der Waals surface area contributed by atoms with E-state index in [0.29, 0.717) is 34.3 Å². The Bertz CT molecular complexity index is 1050. The van der Waals surface area contributed by atoms with Gasteiger partial charge in [-0.25, -0.2) is 0 Å². The summed E-state index contributed by atoms with van der Waals surface area (Å²) < 4.78 is 10.5. The van der Waals surface area contributed by atoms with Crippen LogP contribution in [0, 0.1) is 0 Å². The van der Waals surface area contributed by atoms with Gasteiger partial charge in [0, 0.05) is 16.8 Å². The number of hydrogen-bond acceptors (Lipinski definition) is 7. The van der Waals surface area contributed by atoms with Gasteiger partial charge >= 0.3 is 0 Å². The monoisotopic (exact) mass is 376 g/mol. The van der Waals surface area contributed by atoms with Crippen molar-refractivity contribution in [2.75, 3.05) is 17.4 Å². The Kier molecular flexibility index (Phi) is 4.59. The molecule has 2 aromatic carbocycles. The summed E-state index contributed by atoms with van der Waals surface area (Å²) in [6.45, 7) is 1.66. The predicted molar refractivity (Wildman–Crippen MR) is 102 cm³/mol. The molecule has 3 aromatic rings. The topological polar surface area (TPSA) is 102 Å². The summed E-state index contributed by atoms with van der Waals surface area (Å²) in [5.41, 5.74) is 1.75. The number of aromatic nitrogens is 2. The van der Waals surface area contributed by atoms with Crippen LogP contribution in [0.3, 0.4) is 0 Å². The molecule has 2 heterocycles. The summed E-state index contributed by atoms with van der Waals surface area (Å²) >= 11 is 0. The Hall–Kier alpha value is -3.94. The normalized spacial score (nSPS) is 11.8. The van der Waals surface area contributed by atoms with E-state index >= 15 is 0 Å². The van der Waals surface area contributed by atoms with E-state index < -0.39 is 0 Å². The highest BCUT2D eigenvalue weighted by Gasteiger charge is 2.16. The largest absolute Gasteiger partial charge is 0.454 e. The molecule has 140 valence electrons. The third-order valence-corrected chi connectivity index (χ3v) is 4.08. The molecule has 28 heavy (non-hydrogen) atoms. The minimum atomic E-state index is -0.331. The van der Waals surface area contributed by atoms with Crippen LogP contribution in [0.1, 0.15) is 27.6 Å². The average Bonchev–Trinajstić information content (AvgIpc) is 3.17. The standard InChI is InChI=1S/C20H16N4O4/c1-12(25)13-3-2-4-15(9-13)21-18-7-8-19(24-23-18)22-20(26)14-5-6-16-17(10-14)28-11-27-16/h2-10H,11H2,1H3,(H,21,23)(H,22,24,26). The fourth-order valence-electron chi connectivity index (χ4n) is 2.66. The van der Waals surface area contributed by atoms with Crippen LogP contribution < -0.4 is 20.1 Å². The van der Waals surface area contributed by atoms with Gasteiger partial charge in [0.1, 0.15) is 0 Å². The number of anilines is 3. The molecule has 4 rings (SSSR count). The maximum absolute atomic E-state index is 12.4. The molecular formula is C20H16N4O4. The molecule has 0 radical (unpaired) electrons. The molecule has 0 aliphatic carbocycles. The zero-order valence-corrected chi connectivity index (χ0v) is 14.9. The molecule has 0 saturated carbocycles. The van der Waals surface area contributed by atoms with Crippen molar-refractivity contribution in [3.05, 3.63) is 65.7 Å². The molecule has 0 fully saturated rings. The highest BCUT2D eigenvalue weighted by Crippen LogP contribution is 2.32. The van der Waals surface area contributed by atoms with Crippen molar-refractivity contribution in [1.82, 2.24) is 10.2 Å². The molecule has 8 nitrogen and oxygen atoms in total. The van der Waals surface area contributed by atoms with Gasteiger partial charge < -0.3 is 20.1 Å². The van der Waals surface area contributed by atoms with Crippen LogP contribution >= 0.6 is 0 Å². The van der Waals surface area contributed by atoms with Crippen LogP contribution in [0.2, 0.25) is 0 Å². The first kappa shape index (κ1) is 17.5. The van der Waals surface area contributed by atoms with Crippen molar-refractivity contribution < 1.29 is 19.1 Å². The van der Waals surface area contributed by atoms with Crippen molar-refractivity contribution in [2.24, 2.45) is 0 Å². The summed E-state index contributed by atoms with van der Waals surface area (Å²) in [6, 6.07) is 15.4. The Morgan fingerprint density at radius 1 is 0.893 bits per heavy atom. The van der Waals surface area contributed by atoms with E-state index in [1.54, 1.807) is 48.5 Å². The number of ether oxygens (including phenoxy) is 2. The third kappa shape index (κ3) is 3.75. The van der Waals surface area contributed by atoms with Crippen LogP contribution in [0.4, 0.5) is 17.3 Å². The maximum Gasteiger partial charge on any atom is 0.257 e. The van der Waals surface area contributed by atoms with Gasteiger partial charge in [0.15, 0.2) is 28.9 Å². The molecule has 1 aliphatic heterocycles. The summed E-state index contributed by atoms with van der Waals surface area (Å²) in [5.74, 6) is 1.60. The molecule has 0 saturated heterocycles. The fraction of sp³-hybridized carbons (Fsp3) is 0.100. The number of amides is 1. The van der Waals surface area contributed by atoms with Crippen molar-refractivity contribution in [3.63, 3.8) is 0 Å². The molecule has 0 bridgehead atoms. The lowest BCUT2D eigenvalue weighted by molar-refractivity contribution is 0.101. The zero-order chi connectivity index (χ0) is 19.5. The number of ketones is 1. The van der Waals surface area contributed by atoms with E-state index in [2.05, 4.69) is 20.8 Å². The van der Waals surface area contributed by atoms with E-state index in [4.69, 9.17) is 9.47 Å². The Morgan fingerprint density at radius 3 is 2.46 bits per heavy atom. The van der Waals surface area contributed by atoms with Crippen molar-refractivity contribution in [1.29, 1.82) is 0 Å².